The van der Waals surface area contributed by atoms with Crippen LogP contribution in [0.2, 0.25) is 0 Å². The molecule has 2 amide bonds. The third kappa shape index (κ3) is 6.56. The lowest BCUT2D eigenvalue weighted by Gasteiger charge is -2.18. The molecule has 0 aliphatic carbocycles. The smallest absolute Gasteiger partial charge is 0.323 e. The van der Waals surface area contributed by atoms with Gasteiger partial charge in [-0.1, -0.05) is 13.8 Å². The van der Waals surface area contributed by atoms with E-state index in [1.54, 1.807) is 24.1 Å². The van der Waals surface area contributed by atoms with E-state index >= 15 is 0 Å². The van der Waals surface area contributed by atoms with Crippen LogP contribution in [-0.4, -0.2) is 50.2 Å². The zero-order valence-corrected chi connectivity index (χ0v) is 20.2. The number of benzene rings is 1. The highest BCUT2D eigenvalue weighted by Gasteiger charge is 2.20. The summed E-state index contributed by atoms with van der Waals surface area (Å²) in [7, 11) is 5.02. The van der Waals surface area contributed by atoms with E-state index in [9.17, 15) is 18.2 Å². The van der Waals surface area contributed by atoms with Crippen LogP contribution in [0.25, 0.3) is 11.1 Å². The third-order valence-corrected chi connectivity index (χ3v) is 5.35. The van der Waals surface area contributed by atoms with Gasteiger partial charge in [-0.15, -0.1) is 0 Å². The maximum Gasteiger partial charge on any atom is 0.331 e. The summed E-state index contributed by atoms with van der Waals surface area (Å²) in [6, 6.07) is 3.23. The van der Waals surface area contributed by atoms with E-state index in [0.717, 1.165) is 0 Å². The number of aryl methyl sites for hydroxylation is 2. The standard InChI is InChI=1S/C19H21FN6O3S.C2H7N/c1-11(2)15-5-13(20)6-16(12-8-21-25(3)9-12)18(15)22-19(28)24-30(29)17-7-14(10-27)26(4)23-17;1-3-2/h5-11H,1-4H3,(H2,22,24,28);3H,1-2H3. The number of aldehydes is 1. The van der Waals surface area contributed by atoms with Crippen molar-refractivity contribution in [2.45, 2.75) is 24.8 Å². The average Bonchev–Trinajstić information content (AvgIpc) is 3.34. The molecule has 0 saturated carbocycles. The van der Waals surface area contributed by atoms with Crippen LogP contribution in [-0.2, 0) is 25.1 Å². The molecule has 0 fully saturated rings. The van der Waals surface area contributed by atoms with Crippen molar-refractivity contribution in [2.75, 3.05) is 19.4 Å². The van der Waals surface area contributed by atoms with Gasteiger partial charge in [0.15, 0.2) is 22.3 Å². The second-order valence-corrected chi connectivity index (χ2v) is 8.61. The molecule has 1 aromatic carbocycles. The summed E-state index contributed by atoms with van der Waals surface area (Å²) in [5, 5.41) is 13.5. The van der Waals surface area contributed by atoms with E-state index in [-0.39, 0.29) is 16.6 Å². The maximum absolute atomic E-state index is 14.3. The van der Waals surface area contributed by atoms with Crippen LogP contribution in [0.5, 0.6) is 0 Å². The summed E-state index contributed by atoms with van der Waals surface area (Å²) in [6.45, 7) is 3.75. The van der Waals surface area contributed by atoms with Crippen LogP contribution in [0.15, 0.2) is 35.6 Å². The van der Waals surface area contributed by atoms with E-state index in [1.807, 2.05) is 27.9 Å². The molecule has 0 aliphatic rings. The number of amides is 2. The lowest BCUT2D eigenvalue weighted by Crippen LogP contribution is -2.31. The van der Waals surface area contributed by atoms with Crippen molar-refractivity contribution in [3.05, 3.63) is 47.7 Å². The summed E-state index contributed by atoms with van der Waals surface area (Å²) >= 11 is 0. The summed E-state index contributed by atoms with van der Waals surface area (Å²) in [5.41, 5.74) is 2.27. The number of hydrogen-bond acceptors (Lipinski definition) is 6. The molecule has 0 saturated heterocycles. The van der Waals surface area contributed by atoms with Gasteiger partial charge in [0.25, 0.3) is 0 Å². The van der Waals surface area contributed by atoms with Crippen LogP contribution in [0.4, 0.5) is 14.9 Å². The summed E-state index contributed by atoms with van der Waals surface area (Å²) in [6.07, 6.45) is 3.84. The van der Waals surface area contributed by atoms with Gasteiger partial charge in [-0.25, -0.2) is 13.4 Å². The Morgan fingerprint density at radius 1 is 1.21 bits per heavy atom. The van der Waals surface area contributed by atoms with Gasteiger partial charge in [-0.3, -0.25) is 18.9 Å². The van der Waals surface area contributed by atoms with Crippen molar-refractivity contribution < 1.29 is 18.2 Å². The van der Waals surface area contributed by atoms with E-state index in [4.69, 9.17) is 0 Å². The van der Waals surface area contributed by atoms with Gasteiger partial charge in [0.05, 0.1) is 11.9 Å². The number of rotatable bonds is 6. The first-order valence-corrected chi connectivity index (χ1v) is 11.2. The van der Waals surface area contributed by atoms with Gasteiger partial charge >= 0.3 is 6.03 Å². The predicted octanol–water partition coefficient (Wildman–Crippen LogP) is 2.58. The topological polar surface area (TPSA) is 123 Å². The Morgan fingerprint density at radius 2 is 1.88 bits per heavy atom. The van der Waals surface area contributed by atoms with Gasteiger partial charge in [0, 0.05) is 37.5 Å². The molecule has 0 bridgehead atoms. The fraction of sp³-hybridized carbons (Fsp3) is 0.333. The van der Waals surface area contributed by atoms with Crippen molar-refractivity contribution in [3.63, 3.8) is 0 Å². The normalized spacial score (nSPS) is 11.5. The largest absolute Gasteiger partial charge is 0.331 e. The molecule has 3 N–H and O–H groups in total. The highest BCUT2D eigenvalue weighted by atomic mass is 32.2. The number of aromatic nitrogens is 4. The van der Waals surface area contributed by atoms with Crippen molar-refractivity contribution in [1.29, 1.82) is 0 Å². The van der Waals surface area contributed by atoms with Gasteiger partial charge in [-0.2, -0.15) is 10.2 Å². The molecule has 2 aromatic heterocycles. The fourth-order valence-electron chi connectivity index (χ4n) is 2.94. The number of halogens is 1. The lowest BCUT2D eigenvalue weighted by atomic mass is 9.95. The molecule has 0 radical (unpaired) electrons. The zero-order chi connectivity index (χ0) is 24.7. The third-order valence-electron chi connectivity index (χ3n) is 4.40. The Hall–Kier alpha value is -3.38. The summed E-state index contributed by atoms with van der Waals surface area (Å²) < 4.78 is 31.8. The van der Waals surface area contributed by atoms with Gasteiger partial charge in [0.2, 0.25) is 0 Å². The quantitative estimate of drug-likeness (QED) is 0.469. The van der Waals surface area contributed by atoms with Gasteiger partial charge in [0.1, 0.15) is 11.5 Å². The van der Waals surface area contributed by atoms with E-state index in [1.165, 1.54) is 29.9 Å². The minimum absolute atomic E-state index is 0.0328. The summed E-state index contributed by atoms with van der Waals surface area (Å²) in [5.74, 6) is -0.537. The predicted molar refractivity (Wildman–Crippen MR) is 125 cm³/mol. The van der Waals surface area contributed by atoms with E-state index in [0.29, 0.717) is 28.7 Å². The number of carbonyl (C=O) groups is 2. The van der Waals surface area contributed by atoms with Crippen molar-refractivity contribution >= 4 is 29.0 Å². The van der Waals surface area contributed by atoms with Crippen LogP contribution in [0.1, 0.15) is 35.8 Å². The molecule has 10 nitrogen and oxygen atoms in total. The highest BCUT2D eigenvalue weighted by molar-refractivity contribution is 7.83. The first kappa shape index (κ1) is 25.9. The molecule has 3 aromatic rings. The summed E-state index contributed by atoms with van der Waals surface area (Å²) in [4.78, 5) is 23.5. The molecule has 1 atom stereocenters. The van der Waals surface area contributed by atoms with Crippen LogP contribution < -0.4 is 15.4 Å². The number of hydrogen-bond donors (Lipinski definition) is 3. The van der Waals surface area contributed by atoms with Crippen molar-refractivity contribution in [1.82, 2.24) is 29.6 Å². The maximum atomic E-state index is 14.3. The molecule has 0 aliphatic heterocycles. The van der Waals surface area contributed by atoms with Crippen LogP contribution in [0, 0.1) is 5.82 Å². The van der Waals surface area contributed by atoms with E-state index in [2.05, 4.69) is 25.6 Å². The number of anilines is 1. The Labute approximate surface area is 194 Å². The minimum atomic E-state index is -1.99. The van der Waals surface area contributed by atoms with Gasteiger partial charge < -0.3 is 10.6 Å². The molecule has 12 heteroatoms. The zero-order valence-electron chi connectivity index (χ0n) is 19.3. The Kier molecular flexibility index (Phi) is 9.00. The molecule has 33 heavy (non-hydrogen) atoms. The lowest BCUT2D eigenvalue weighted by molar-refractivity contribution is 0.111. The first-order chi connectivity index (χ1) is 15.6. The monoisotopic (exact) mass is 477 g/mol. The Morgan fingerprint density at radius 3 is 2.39 bits per heavy atom. The molecular formula is C21H28FN7O3S. The molecule has 2 heterocycles. The molecule has 0 spiro atoms. The second-order valence-electron chi connectivity index (χ2n) is 7.45. The number of nitrogens with zero attached hydrogens (tertiary/aromatic N) is 4. The molecule has 178 valence electrons. The molecular weight excluding hydrogens is 449 g/mol. The van der Waals surface area contributed by atoms with E-state index < -0.39 is 22.8 Å². The number of nitrogens with one attached hydrogen (secondary N) is 3. The number of carbonyl (C=O) groups excluding carboxylic acids is 2. The fourth-order valence-corrected chi connectivity index (χ4v) is 3.69. The van der Waals surface area contributed by atoms with Gasteiger partial charge in [-0.05, 0) is 37.7 Å². The average molecular weight is 478 g/mol. The molecule has 1 unspecified atom stereocenters. The SMILES string of the molecule is CC(C)c1cc(F)cc(-c2cnn(C)c2)c1NC(=O)NS(=O)c1cc(C=O)n(C)n1.CNC. The van der Waals surface area contributed by atoms with Crippen LogP contribution >= 0.6 is 0 Å². The van der Waals surface area contributed by atoms with Crippen molar-refractivity contribution in [2.24, 2.45) is 14.1 Å². The van der Waals surface area contributed by atoms with Crippen LogP contribution in [0.3, 0.4) is 0 Å². The molecule has 3 rings (SSSR count). The van der Waals surface area contributed by atoms with Crippen molar-refractivity contribution in [3.8, 4) is 11.1 Å². The second kappa shape index (κ2) is 11.5. The minimum Gasteiger partial charge on any atom is -0.323 e. The first-order valence-electron chi connectivity index (χ1n) is 10.0. The Balaban J connectivity index is 0.00000122. The number of urea groups is 1. The highest BCUT2D eigenvalue weighted by Crippen LogP contribution is 2.35. The Bertz CT molecular complexity index is 1160.